The Bertz CT molecular complexity index is 568. The van der Waals surface area contributed by atoms with Crippen LogP contribution in [-0.4, -0.2) is 77.6 Å². The van der Waals surface area contributed by atoms with Crippen molar-refractivity contribution in [2.45, 2.75) is 13.3 Å². The van der Waals surface area contributed by atoms with Crippen molar-refractivity contribution in [3.8, 4) is 5.75 Å². The Morgan fingerprint density at radius 2 is 2.07 bits per heavy atom. The van der Waals surface area contributed by atoms with Crippen molar-refractivity contribution in [1.29, 1.82) is 0 Å². The Balaban J connectivity index is 0.00000392. The van der Waals surface area contributed by atoms with Gasteiger partial charge in [0.2, 0.25) is 0 Å². The van der Waals surface area contributed by atoms with Crippen LogP contribution in [0.4, 0.5) is 5.69 Å². The fourth-order valence-electron chi connectivity index (χ4n) is 2.93. The summed E-state index contributed by atoms with van der Waals surface area (Å²) in [5.41, 5.74) is 0.952. The zero-order valence-electron chi connectivity index (χ0n) is 17.3. The molecule has 0 aromatic heterocycles. The lowest BCUT2D eigenvalue weighted by Crippen LogP contribution is -2.42. The topological polar surface area (TPSA) is 67.4 Å². The predicted octanol–water partition coefficient (Wildman–Crippen LogP) is 2.68. The van der Waals surface area contributed by atoms with Crippen LogP contribution < -0.4 is 15.4 Å². The molecule has 1 aromatic rings. The molecule has 1 aliphatic heterocycles. The maximum atomic E-state index is 5.75. The molecule has 0 amide bonds. The largest absolute Gasteiger partial charge is 0.493 e. The summed E-state index contributed by atoms with van der Waals surface area (Å²) in [4.78, 5) is 6.78. The van der Waals surface area contributed by atoms with Gasteiger partial charge in [-0.05, 0) is 18.1 Å². The summed E-state index contributed by atoms with van der Waals surface area (Å²) < 4.78 is 16.2. The molecule has 1 fully saturated rings. The third-order valence-electron chi connectivity index (χ3n) is 4.37. The molecular weight excluding hydrogens is 471 g/mol. The summed E-state index contributed by atoms with van der Waals surface area (Å²) in [7, 11) is 3.48. The van der Waals surface area contributed by atoms with E-state index in [0.29, 0.717) is 19.1 Å². The van der Waals surface area contributed by atoms with Crippen LogP contribution in [0.3, 0.4) is 0 Å². The molecule has 0 bridgehead atoms. The number of nitrogens with zero attached hydrogens (tertiary/aromatic N) is 2. The molecule has 1 heterocycles. The van der Waals surface area contributed by atoms with E-state index in [9.17, 15) is 0 Å². The van der Waals surface area contributed by atoms with Gasteiger partial charge in [0.05, 0.1) is 19.8 Å². The second-order valence-corrected chi connectivity index (χ2v) is 6.82. The fourth-order valence-corrected chi connectivity index (χ4v) is 2.93. The van der Waals surface area contributed by atoms with E-state index in [-0.39, 0.29) is 24.0 Å². The number of anilines is 1. The zero-order valence-corrected chi connectivity index (χ0v) is 19.6. The van der Waals surface area contributed by atoms with Gasteiger partial charge in [0.25, 0.3) is 0 Å². The van der Waals surface area contributed by atoms with Crippen LogP contribution in [0.15, 0.2) is 29.3 Å². The van der Waals surface area contributed by atoms with E-state index in [4.69, 9.17) is 14.2 Å². The molecule has 2 N–H and O–H groups in total. The summed E-state index contributed by atoms with van der Waals surface area (Å²) in [5.74, 6) is 2.13. The van der Waals surface area contributed by atoms with Crippen LogP contribution in [0.25, 0.3) is 0 Å². The van der Waals surface area contributed by atoms with Gasteiger partial charge in [-0.1, -0.05) is 13.0 Å². The van der Waals surface area contributed by atoms with Crippen molar-refractivity contribution in [2.75, 3.05) is 72.1 Å². The highest BCUT2D eigenvalue weighted by molar-refractivity contribution is 14.0. The highest BCUT2D eigenvalue weighted by Crippen LogP contribution is 2.17. The van der Waals surface area contributed by atoms with Gasteiger partial charge in [-0.2, -0.15) is 0 Å². The van der Waals surface area contributed by atoms with Crippen LogP contribution >= 0.6 is 24.0 Å². The zero-order chi connectivity index (χ0) is 19.3. The number of morpholine rings is 1. The molecule has 0 spiro atoms. The van der Waals surface area contributed by atoms with Crippen molar-refractivity contribution >= 4 is 35.6 Å². The summed E-state index contributed by atoms with van der Waals surface area (Å²) in [6.07, 6.45) is 0.873. The predicted molar refractivity (Wildman–Crippen MR) is 125 cm³/mol. The van der Waals surface area contributed by atoms with Crippen molar-refractivity contribution in [3.05, 3.63) is 24.3 Å². The van der Waals surface area contributed by atoms with Gasteiger partial charge in [-0.25, -0.2) is 0 Å². The Hall–Kier alpha value is -1.10. The molecule has 1 atom stereocenters. The lowest BCUT2D eigenvalue weighted by atomic mass is 10.1. The van der Waals surface area contributed by atoms with E-state index in [1.807, 2.05) is 24.3 Å². The van der Waals surface area contributed by atoms with Gasteiger partial charge in [0.15, 0.2) is 5.96 Å². The Labute approximate surface area is 186 Å². The first-order valence-electron chi connectivity index (χ1n) is 9.71. The molecule has 8 heteroatoms. The molecule has 0 radical (unpaired) electrons. The molecule has 0 aliphatic carbocycles. The number of nitrogens with one attached hydrogen (secondary N) is 2. The van der Waals surface area contributed by atoms with E-state index >= 15 is 0 Å². The van der Waals surface area contributed by atoms with E-state index in [1.165, 1.54) is 0 Å². The lowest BCUT2D eigenvalue weighted by Gasteiger charge is -2.29. The van der Waals surface area contributed by atoms with Crippen LogP contribution in [0.2, 0.25) is 0 Å². The number of hydrogen-bond acceptors (Lipinski definition) is 5. The van der Waals surface area contributed by atoms with E-state index in [0.717, 1.165) is 63.2 Å². The average Bonchev–Trinajstić information content (AvgIpc) is 2.69. The van der Waals surface area contributed by atoms with Gasteiger partial charge in [0, 0.05) is 65.1 Å². The van der Waals surface area contributed by atoms with Crippen LogP contribution in [0.1, 0.15) is 13.3 Å². The standard InChI is InChI=1S/C20H34N4O3.HI/c1-17(16-24-8-12-26-13-9-24)15-22-20(21-2)23-18-6-4-7-19(14-18)27-11-5-10-25-3;/h4,6-7,14,17H,5,8-13,15-16H2,1-3H3,(H2,21,22,23);1H. The molecule has 1 aromatic carbocycles. The van der Waals surface area contributed by atoms with Crippen molar-refractivity contribution in [2.24, 2.45) is 10.9 Å². The molecule has 1 aliphatic rings. The first-order valence-corrected chi connectivity index (χ1v) is 9.71. The van der Waals surface area contributed by atoms with Crippen molar-refractivity contribution in [3.63, 3.8) is 0 Å². The van der Waals surface area contributed by atoms with Crippen molar-refractivity contribution in [1.82, 2.24) is 10.2 Å². The number of guanidine groups is 1. The third kappa shape index (κ3) is 9.90. The highest BCUT2D eigenvalue weighted by atomic mass is 127. The second kappa shape index (κ2) is 14.8. The van der Waals surface area contributed by atoms with Gasteiger partial charge in [-0.3, -0.25) is 9.89 Å². The smallest absolute Gasteiger partial charge is 0.195 e. The quantitative estimate of drug-likeness (QED) is 0.220. The Morgan fingerprint density at radius 1 is 1.29 bits per heavy atom. The minimum atomic E-state index is 0. The van der Waals surface area contributed by atoms with Crippen LogP contribution in [0.5, 0.6) is 5.75 Å². The summed E-state index contributed by atoms with van der Waals surface area (Å²) in [6, 6.07) is 7.92. The normalized spacial score (nSPS) is 16.2. The minimum Gasteiger partial charge on any atom is -0.493 e. The molecule has 1 saturated heterocycles. The summed E-state index contributed by atoms with van der Waals surface area (Å²) >= 11 is 0. The SMILES string of the molecule is CN=C(NCC(C)CN1CCOCC1)Nc1cccc(OCCCOC)c1.I. The van der Waals surface area contributed by atoms with Crippen LogP contribution in [0, 0.1) is 5.92 Å². The number of methoxy groups -OCH3 is 1. The van der Waals surface area contributed by atoms with Gasteiger partial charge < -0.3 is 24.8 Å². The van der Waals surface area contributed by atoms with Crippen molar-refractivity contribution < 1.29 is 14.2 Å². The molecular formula is C20H35IN4O3. The first kappa shape index (κ1) is 24.9. The molecule has 160 valence electrons. The summed E-state index contributed by atoms with van der Waals surface area (Å²) in [5, 5.41) is 6.74. The number of hydrogen-bond donors (Lipinski definition) is 2. The fraction of sp³-hybridized carbons (Fsp3) is 0.650. The number of rotatable bonds is 10. The molecule has 0 saturated carbocycles. The Morgan fingerprint density at radius 3 is 2.79 bits per heavy atom. The second-order valence-electron chi connectivity index (χ2n) is 6.82. The number of ether oxygens (including phenoxy) is 3. The molecule has 1 unspecified atom stereocenters. The number of aliphatic imine (C=N–C) groups is 1. The molecule has 2 rings (SSSR count). The molecule has 28 heavy (non-hydrogen) atoms. The van der Waals surface area contributed by atoms with Crippen LogP contribution in [-0.2, 0) is 9.47 Å². The van der Waals surface area contributed by atoms with Gasteiger partial charge in [0.1, 0.15) is 5.75 Å². The van der Waals surface area contributed by atoms with E-state index in [2.05, 4.69) is 27.4 Å². The highest BCUT2D eigenvalue weighted by Gasteiger charge is 2.14. The van der Waals surface area contributed by atoms with Gasteiger partial charge >= 0.3 is 0 Å². The number of halogens is 1. The first-order chi connectivity index (χ1) is 13.2. The Kier molecular flexibility index (Phi) is 13.2. The molecule has 7 nitrogen and oxygen atoms in total. The van der Waals surface area contributed by atoms with E-state index in [1.54, 1.807) is 14.2 Å². The monoisotopic (exact) mass is 506 g/mol. The summed E-state index contributed by atoms with van der Waals surface area (Å²) in [6.45, 7) is 9.26. The maximum absolute atomic E-state index is 5.75. The number of benzene rings is 1. The minimum absolute atomic E-state index is 0. The van der Waals surface area contributed by atoms with E-state index < -0.39 is 0 Å². The third-order valence-corrected chi connectivity index (χ3v) is 4.37. The maximum Gasteiger partial charge on any atom is 0.195 e. The lowest BCUT2D eigenvalue weighted by molar-refractivity contribution is 0.0320. The van der Waals surface area contributed by atoms with Gasteiger partial charge in [-0.15, -0.1) is 24.0 Å². The average molecular weight is 506 g/mol.